The molecular weight excluding hydrogens is 321 g/mol. The van der Waals surface area contributed by atoms with Gasteiger partial charge in [0.25, 0.3) is 0 Å². The van der Waals surface area contributed by atoms with Crippen LogP contribution in [0.5, 0.6) is 0 Å². The van der Waals surface area contributed by atoms with E-state index < -0.39 is 0 Å². The van der Waals surface area contributed by atoms with Gasteiger partial charge in [0.2, 0.25) is 0 Å². The molecule has 100 valence electrons. The Labute approximate surface area is 123 Å². The number of benzene rings is 2. The van der Waals surface area contributed by atoms with Gasteiger partial charge in [-0.15, -0.1) is 0 Å². The molecule has 0 saturated carbocycles. The molecule has 0 radical (unpaired) electrons. The maximum atomic E-state index is 13.2. The molecule has 0 spiro atoms. The fraction of sp³-hybridized carbons (Fsp3) is 0.0625. The van der Waals surface area contributed by atoms with E-state index in [2.05, 4.69) is 20.9 Å². The number of carbonyl (C=O) groups excluding carboxylic acids is 1. The van der Waals surface area contributed by atoms with E-state index in [1.807, 2.05) is 19.1 Å². The number of carbonyl (C=O) groups is 1. The van der Waals surface area contributed by atoms with Crippen LogP contribution in [0.1, 0.15) is 21.5 Å². The lowest BCUT2D eigenvalue weighted by molar-refractivity contribution is 0.103. The first-order valence-electron chi connectivity index (χ1n) is 6.14. The van der Waals surface area contributed by atoms with Gasteiger partial charge in [0.1, 0.15) is 5.82 Å². The number of hydrogen-bond acceptors (Lipinski definition) is 1. The van der Waals surface area contributed by atoms with Crippen LogP contribution in [0.4, 0.5) is 4.39 Å². The summed E-state index contributed by atoms with van der Waals surface area (Å²) in [6, 6.07) is 9.98. The number of aromatic nitrogens is 1. The van der Waals surface area contributed by atoms with Gasteiger partial charge >= 0.3 is 0 Å². The number of rotatable bonds is 2. The van der Waals surface area contributed by atoms with Crippen molar-refractivity contribution in [3.63, 3.8) is 0 Å². The monoisotopic (exact) mass is 331 g/mol. The molecular formula is C16H11BrFNO. The number of ketones is 1. The lowest BCUT2D eigenvalue weighted by Gasteiger charge is -2.05. The minimum Gasteiger partial charge on any atom is -0.360 e. The van der Waals surface area contributed by atoms with Crippen molar-refractivity contribution in [2.45, 2.75) is 6.92 Å². The first kappa shape index (κ1) is 13.1. The predicted octanol–water partition coefficient (Wildman–Crippen LogP) is 4.61. The highest BCUT2D eigenvalue weighted by molar-refractivity contribution is 9.10. The Bertz CT molecular complexity index is 822. The van der Waals surface area contributed by atoms with E-state index in [1.54, 1.807) is 18.3 Å². The zero-order valence-corrected chi connectivity index (χ0v) is 12.3. The molecule has 0 atom stereocenters. The van der Waals surface area contributed by atoms with Crippen molar-refractivity contribution in [3.05, 3.63) is 69.6 Å². The first-order valence-corrected chi connectivity index (χ1v) is 6.93. The molecule has 2 aromatic carbocycles. The molecule has 0 bridgehead atoms. The summed E-state index contributed by atoms with van der Waals surface area (Å²) in [5, 5.41) is 0.732. The smallest absolute Gasteiger partial charge is 0.195 e. The molecule has 0 saturated heterocycles. The molecule has 0 aliphatic carbocycles. The Morgan fingerprint density at radius 2 is 1.95 bits per heavy atom. The van der Waals surface area contributed by atoms with Crippen LogP contribution in [0.2, 0.25) is 0 Å². The van der Waals surface area contributed by atoms with Crippen LogP contribution in [0, 0.1) is 12.7 Å². The van der Waals surface area contributed by atoms with Gasteiger partial charge in [-0.25, -0.2) is 4.39 Å². The summed E-state index contributed by atoms with van der Waals surface area (Å²) in [6.07, 6.45) is 1.63. The summed E-state index contributed by atoms with van der Waals surface area (Å²) in [5.74, 6) is -0.390. The van der Waals surface area contributed by atoms with E-state index in [9.17, 15) is 9.18 Å². The zero-order chi connectivity index (χ0) is 14.3. The van der Waals surface area contributed by atoms with E-state index in [1.165, 1.54) is 12.1 Å². The summed E-state index contributed by atoms with van der Waals surface area (Å²) in [4.78, 5) is 15.6. The van der Waals surface area contributed by atoms with Crippen molar-refractivity contribution >= 4 is 32.6 Å². The second-order valence-corrected chi connectivity index (χ2v) is 5.60. The summed E-state index contributed by atoms with van der Waals surface area (Å²) < 4.78 is 14.0. The molecule has 2 nitrogen and oxygen atoms in total. The largest absolute Gasteiger partial charge is 0.360 e. The second kappa shape index (κ2) is 4.87. The number of H-pyrrole nitrogens is 1. The van der Waals surface area contributed by atoms with Crippen LogP contribution in [-0.4, -0.2) is 10.8 Å². The quantitative estimate of drug-likeness (QED) is 0.683. The molecule has 0 aliphatic heterocycles. The van der Waals surface area contributed by atoms with Crippen molar-refractivity contribution < 1.29 is 9.18 Å². The number of aromatic amines is 1. The summed E-state index contributed by atoms with van der Waals surface area (Å²) in [5.41, 5.74) is 2.74. The average molecular weight is 332 g/mol. The third kappa shape index (κ3) is 2.16. The van der Waals surface area contributed by atoms with E-state index in [0.717, 1.165) is 15.4 Å². The van der Waals surface area contributed by atoms with Crippen LogP contribution < -0.4 is 0 Å². The van der Waals surface area contributed by atoms with Gasteiger partial charge in [-0.05, 0) is 42.8 Å². The maximum absolute atomic E-state index is 13.2. The summed E-state index contributed by atoms with van der Waals surface area (Å²) in [7, 11) is 0. The number of aryl methyl sites for hydroxylation is 1. The third-order valence-corrected chi connectivity index (χ3v) is 3.83. The molecule has 3 rings (SSSR count). The molecule has 4 heteroatoms. The van der Waals surface area contributed by atoms with Gasteiger partial charge in [-0.1, -0.05) is 22.0 Å². The van der Waals surface area contributed by atoms with Crippen LogP contribution in [-0.2, 0) is 0 Å². The van der Waals surface area contributed by atoms with E-state index in [4.69, 9.17) is 0 Å². The number of halogens is 2. The number of hydrogen-bond donors (Lipinski definition) is 1. The van der Waals surface area contributed by atoms with Gasteiger partial charge < -0.3 is 4.98 Å². The minimum absolute atomic E-state index is 0.0679. The zero-order valence-electron chi connectivity index (χ0n) is 10.7. The SMILES string of the molecule is Cc1ccc(Br)cc1C(=O)c1c[nH]c2cc(F)ccc12. The van der Waals surface area contributed by atoms with Crippen LogP contribution >= 0.6 is 15.9 Å². The maximum Gasteiger partial charge on any atom is 0.195 e. The first-order chi connectivity index (χ1) is 9.56. The third-order valence-electron chi connectivity index (χ3n) is 3.33. The van der Waals surface area contributed by atoms with Crippen molar-refractivity contribution in [1.82, 2.24) is 4.98 Å². The van der Waals surface area contributed by atoms with Gasteiger partial charge in [0.05, 0.1) is 0 Å². The lowest BCUT2D eigenvalue weighted by Crippen LogP contribution is -2.03. The highest BCUT2D eigenvalue weighted by atomic mass is 79.9. The molecule has 3 aromatic rings. The highest BCUT2D eigenvalue weighted by Gasteiger charge is 2.16. The fourth-order valence-electron chi connectivity index (χ4n) is 2.27. The van der Waals surface area contributed by atoms with Crippen LogP contribution in [0.3, 0.4) is 0 Å². The molecule has 0 fully saturated rings. The Kier molecular flexibility index (Phi) is 3.18. The fourth-order valence-corrected chi connectivity index (χ4v) is 2.63. The van der Waals surface area contributed by atoms with Gasteiger partial charge in [0, 0.05) is 32.7 Å². The standard InChI is InChI=1S/C16H11BrFNO/c1-9-2-3-10(17)6-13(9)16(20)14-8-19-15-7-11(18)4-5-12(14)15/h2-8,19H,1H3. The lowest BCUT2D eigenvalue weighted by atomic mass is 9.99. The Morgan fingerprint density at radius 3 is 2.75 bits per heavy atom. The Hall–Kier alpha value is -1.94. The molecule has 0 aliphatic rings. The van der Waals surface area contributed by atoms with E-state index in [0.29, 0.717) is 16.6 Å². The Morgan fingerprint density at radius 1 is 1.15 bits per heavy atom. The Balaban J connectivity index is 2.15. The minimum atomic E-state index is -0.322. The van der Waals surface area contributed by atoms with E-state index >= 15 is 0 Å². The molecule has 1 N–H and O–H groups in total. The summed E-state index contributed by atoms with van der Waals surface area (Å²) in [6.45, 7) is 1.90. The summed E-state index contributed by atoms with van der Waals surface area (Å²) >= 11 is 3.38. The van der Waals surface area contributed by atoms with Crippen molar-refractivity contribution in [1.29, 1.82) is 0 Å². The molecule has 1 aromatic heterocycles. The second-order valence-electron chi connectivity index (χ2n) is 4.68. The molecule has 1 heterocycles. The number of fused-ring (bicyclic) bond motifs is 1. The molecule has 0 unspecified atom stereocenters. The predicted molar refractivity (Wildman–Crippen MR) is 80.6 cm³/mol. The van der Waals surface area contributed by atoms with Gasteiger partial charge in [-0.2, -0.15) is 0 Å². The highest BCUT2D eigenvalue weighted by Crippen LogP contribution is 2.24. The molecule has 0 amide bonds. The van der Waals surface area contributed by atoms with Crippen molar-refractivity contribution in [2.24, 2.45) is 0 Å². The van der Waals surface area contributed by atoms with Crippen LogP contribution in [0.15, 0.2) is 47.1 Å². The van der Waals surface area contributed by atoms with Crippen molar-refractivity contribution in [2.75, 3.05) is 0 Å². The normalized spacial score (nSPS) is 10.9. The molecule has 20 heavy (non-hydrogen) atoms. The average Bonchev–Trinajstić information content (AvgIpc) is 2.83. The van der Waals surface area contributed by atoms with Gasteiger partial charge in [0.15, 0.2) is 5.78 Å². The van der Waals surface area contributed by atoms with Crippen molar-refractivity contribution in [3.8, 4) is 0 Å². The number of nitrogens with one attached hydrogen (secondary N) is 1. The van der Waals surface area contributed by atoms with Gasteiger partial charge in [-0.3, -0.25) is 4.79 Å². The topological polar surface area (TPSA) is 32.9 Å². The van der Waals surface area contributed by atoms with Crippen LogP contribution in [0.25, 0.3) is 10.9 Å². The van der Waals surface area contributed by atoms with E-state index in [-0.39, 0.29) is 11.6 Å².